The lowest BCUT2D eigenvalue weighted by Crippen LogP contribution is -2.34. The molecule has 8 heteroatoms. The van der Waals surface area contributed by atoms with Crippen LogP contribution in [0.3, 0.4) is 0 Å². The summed E-state index contributed by atoms with van der Waals surface area (Å²) in [5.74, 6) is -0.225. The zero-order valence-electron chi connectivity index (χ0n) is 13.9. The number of pyridine rings is 1. The molecule has 1 aromatic heterocycles. The van der Waals surface area contributed by atoms with Gasteiger partial charge in [-0.3, -0.25) is 9.78 Å². The molecule has 134 valence electrons. The van der Waals surface area contributed by atoms with E-state index in [1.807, 2.05) is 6.07 Å². The maximum Gasteiger partial charge on any atom is 0.221 e. The standard InChI is InChI=1S/C17H20ClN3O3S/c1-25(23,24)21(13-15-6-2-3-7-16(15)18)10-8-17(22)20-12-14-5-4-9-19-11-14/h2-7,9,11H,8,10,12-13H2,1H3,(H,20,22). The monoisotopic (exact) mass is 381 g/mol. The van der Waals surface area contributed by atoms with Gasteiger partial charge in [0.1, 0.15) is 0 Å². The molecule has 0 saturated carbocycles. The molecule has 0 bridgehead atoms. The normalized spacial score (nSPS) is 11.5. The van der Waals surface area contributed by atoms with Crippen LogP contribution >= 0.6 is 11.6 Å². The number of carbonyl (C=O) groups excluding carboxylic acids is 1. The van der Waals surface area contributed by atoms with E-state index in [0.29, 0.717) is 17.1 Å². The van der Waals surface area contributed by atoms with Gasteiger partial charge in [0.15, 0.2) is 0 Å². The summed E-state index contributed by atoms with van der Waals surface area (Å²) in [4.78, 5) is 16.0. The molecule has 0 aliphatic rings. The second kappa shape index (κ2) is 8.94. The van der Waals surface area contributed by atoms with E-state index < -0.39 is 10.0 Å². The summed E-state index contributed by atoms with van der Waals surface area (Å²) < 4.78 is 25.2. The summed E-state index contributed by atoms with van der Waals surface area (Å²) in [6.07, 6.45) is 4.51. The minimum Gasteiger partial charge on any atom is -0.352 e. The van der Waals surface area contributed by atoms with Crippen LogP contribution in [0.2, 0.25) is 5.02 Å². The lowest BCUT2D eigenvalue weighted by Gasteiger charge is -2.20. The van der Waals surface area contributed by atoms with Gasteiger partial charge in [-0.2, -0.15) is 4.31 Å². The Morgan fingerprint density at radius 1 is 1.24 bits per heavy atom. The maximum absolute atomic E-state index is 12.0. The van der Waals surface area contributed by atoms with Crippen LogP contribution in [0.1, 0.15) is 17.5 Å². The first-order valence-electron chi connectivity index (χ1n) is 7.70. The summed E-state index contributed by atoms with van der Waals surface area (Å²) in [6, 6.07) is 10.7. The van der Waals surface area contributed by atoms with E-state index in [2.05, 4.69) is 10.3 Å². The van der Waals surface area contributed by atoms with Crippen LogP contribution in [0.4, 0.5) is 0 Å². The Morgan fingerprint density at radius 2 is 2.00 bits per heavy atom. The molecule has 2 rings (SSSR count). The molecule has 6 nitrogen and oxygen atoms in total. The molecule has 0 unspecified atom stereocenters. The molecule has 0 atom stereocenters. The Bertz CT molecular complexity index is 813. The highest BCUT2D eigenvalue weighted by Gasteiger charge is 2.19. The van der Waals surface area contributed by atoms with Gasteiger partial charge in [-0.25, -0.2) is 8.42 Å². The number of hydrogen-bond acceptors (Lipinski definition) is 4. The van der Waals surface area contributed by atoms with Crippen LogP contribution in [-0.2, 0) is 27.9 Å². The molecular formula is C17H20ClN3O3S. The summed E-state index contributed by atoms with van der Waals surface area (Å²) >= 11 is 6.09. The summed E-state index contributed by atoms with van der Waals surface area (Å²) in [7, 11) is -3.46. The van der Waals surface area contributed by atoms with Gasteiger partial charge in [-0.15, -0.1) is 0 Å². The lowest BCUT2D eigenvalue weighted by atomic mass is 10.2. The van der Waals surface area contributed by atoms with E-state index in [9.17, 15) is 13.2 Å². The van der Waals surface area contributed by atoms with E-state index in [1.54, 1.807) is 42.7 Å². The van der Waals surface area contributed by atoms with Crippen molar-refractivity contribution in [2.75, 3.05) is 12.8 Å². The number of sulfonamides is 1. The first-order chi connectivity index (χ1) is 11.9. The van der Waals surface area contributed by atoms with Crippen molar-refractivity contribution in [3.63, 3.8) is 0 Å². The predicted octanol–water partition coefficient (Wildman–Crippen LogP) is 2.20. The van der Waals surface area contributed by atoms with Gasteiger partial charge < -0.3 is 5.32 Å². The molecule has 2 aromatic rings. The highest BCUT2D eigenvalue weighted by Crippen LogP contribution is 2.18. The zero-order chi connectivity index (χ0) is 18.3. The first-order valence-corrected chi connectivity index (χ1v) is 9.93. The van der Waals surface area contributed by atoms with Gasteiger partial charge in [0.2, 0.25) is 15.9 Å². The van der Waals surface area contributed by atoms with Crippen LogP contribution in [0.5, 0.6) is 0 Å². The van der Waals surface area contributed by atoms with Crippen LogP contribution < -0.4 is 5.32 Å². The number of amides is 1. The molecule has 1 heterocycles. The fraction of sp³-hybridized carbons (Fsp3) is 0.294. The topological polar surface area (TPSA) is 79.4 Å². The summed E-state index contributed by atoms with van der Waals surface area (Å²) in [6.45, 7) is 0.577. The van der Waals surface area contributed by atoms with Gasteiger partial charge in [0.05, 0.1) is 6.26 Å². The number of benzene rings is 1. The summed E-state index contributed by atoms with van der Waals surface area (Å²) in [5, 5.41) is 3.25. The number of nitrogens with zero attached hydrogens (tertiary/aromatic N) is 2. The van der Waals surface area contributed by atoms with Crippen LogP contribution in [0.15, 0.2) is 48.8 Å². The van der Waals surface area contributed by atoms with Gasteiger partial charge >= 0.3 is 0 Å². The lowest BCUT2D eigenvalue weighted by molar-refractivity contribution is -0.121. The highest BCUT2D eigenvalue weighted by atomic mass is 35.5. The number of aromatic nitrogens is 1. The highest BCUT2D eigenvalue weighted by molar-refractivity contribution is 7.88. The average molecular weight is 382 g/mol. The molecule has 0 radical (unpaired) electrons. The number of rotatable bonds is 8. The van der Waals surface area contributed by atoms with Gasteiger partial charge in [0.25, 0.3) is 0 Å². The molecule has 0 spiro atoms. The molecular weight excluding hydrogens is 362 g/mol. The molecule has 25 heavy (non-hydrogen) atoms. The quantitative estimate of drug-likeness (QED) is 0.760. The van der Waals surface area contributed by atoms with Crippen molar-refractivity contribution in [2.45, 2.75) is 19.5 Å². The van der Waals surface area contributed by atoms with Crippen molar-refractivity contribution < 1.29 is 13.2 Å². The average Bonchev–Trinajstić information content (AvgIpc) is 2.58. The van der Waals surface area contributed by atoms with Crippen molar-refractivity contribution >= 4 is 27.5 Å². The summed E-state index contributed by atoms with van der Waals surface area (Å²) in [5.41, 5.74) is 1.58. The Hall–Kier alpha value is -1.96. The van der Waals surface area contributed by atoms with Gasteiger partial charge in [0, 0.05) is 43.5 Å². The smallest absolute Gasteiger partial charge is 0.221 e. The van der Waals surface area contributed by atoms with Crippen molar-refractivity contribution in [3.05, 3.63) is 64.9 Å². The minimum atomic E-state index is -3.46. The fourth-order valence-corrected chi connectivity index (χ4v) is 3.19. The van der Waals surface area contributed by atoms with Crippen molar-refractivity contribution in [1.29, 1.82) is 0 Å². The number of hydrogen-bond donors (Lipinski definition) is 1. The number of carbonyl (C=O) groups is 1. The van der Waals surface area contributed by atoms with E-state index in [0.717, 1.165) is 11.8 Å². The Kier molecular flexibility index (Phi) is 6.92. The van der Waals surface area contributed by atoms with Crippen molar-refractivity contribution in [3.8, 4) is 0 Å². The molecule has 0 aliphatic carbocycles. The second-order valence-corrected chi connectivity index (χ2v) is 7.97. The van der Waals surface area contributed by atoms with Gasteiger partial charge in [-0.1, -0.05) is 35.9 Å². The minimum absolute atomic E-state index is 0.0672. The number of halogens is 1. The molecule has 0 fully saturated rings. The Morgan fingerprint density at radius 3 is 2.64 bits per heavy atom. The molecule has 1 amide bonds. The van der Waals surface area contributed by atoms with E-state index >= 15 is 0 Å². The van der Waals surface area contributed by atoms with Crippen LogP contribution in [-0.4, -0.2) is 36.4 Å². The van der Waals surface area contributed by atoms with E-state index in [1.165, 1.54) is 4.31 Å². The second-order valence-electron chi connectivity index (χ2n) is 5.58. The first kappa shape index (κ1) is 19.4. The van der Waals surface area contributed by atoms with Crippen molar-refractivity contribution in [2.24, 2.45) is 0 Å². The third kappa shape index (κ3) is 6.45. The Balaban J connectivity index is 1.92. The SMILES string of the molecule is CS(=O)(=O)N(CCC(=O)NCc1cccnc1)Cc1ccccc1Cl. The number of nitrogens with one attached hydrogen (secondary N) is 1. The van der Waals surface area contributed by atoms with Gasteiger partial charge in [-0.05, 0) is 23.3 Å². The van der Waals surface area contributed by atoms with Crippen LogP contribution in [0.25, 0.3) is 0 Å². The Labute approximate surface area is 152 Å². The van der Waals surface area contributed by atoms with E-state index in [-0.39, 0.29) is 25.4 Å². The van der Waals surface area contributed by atoms with Crippen molar-refractivity contribution in [1.82, 2.24) is 14.6 Å². The van der Waals surface area contributed by atoms with Crippen LogP contribution in [0, 0.1) is 0 Å². The largest absolute Gasteiger partial charge is 0.352 e. The molecule has 1 aromatic carbocycles. The predicted molar refractivity (Wildman–Crippen MR) is 97.4 cm³/mol. The zero-order valence-corrected chi connectivity index (χ0v) is 15.4. The third-order valence-electron chi connectivity index (χ3n) is 3.57. The molecule has 1 N–H and O–H groups in total. The molecule has 0 saturated heterocycles. The van der Waals surface area contributed by atoms with E-state index in [4.69, 9.17) is 11.6 Å². The maximum atomic E-state index is 12.0. The third-order valence-corrected chi connectivity index (χ3v) is 5.19. The fourth-order valence-electron chi connectivity index (χ4n) is 2.20. The molecule has 0 aliphatic heterocycles.